The van der Waals surface area contributed by atoms with Crippen LogP contribution in [0.4, 0.5) is 6.01 Å². The first-order valence-corrected chi connectivity index (χ1v) is 10.2. The standard InChI is InChI=1S/C23H22N4O2/c28-21-23(9-11-26(21)14-16-13-24-18-6-2-1-5-17(16)18)10-12-27(15-23)22-25-19-7-3-4-8-20(19)29-22/h1-8,13,24H,9-12,14-15H2. The van der Waals surface area contributed by atoms with E-state index in [1.807, 2.05) is 47.5 Å². The van der Waals surface area contributed by atoms with Crippen LogP contribution in [0.3, 0.4) is 0 Å². The van der Waals surface area contributed by atoms with Crippen molar-refractivity contribution in [2.45, 2.75) is 19.4 Å². The van der Waals surface area contributed by atoms with Crippen LogP contribution < -0.4 is 4.90 Å². The van der Waals surface area contributed by atoms with Crippen molar-refractivity contribution in [3.8, 4) is 0 Å². The van der Waals surface area contributed by atoms with Gasteiger partial charge in [0.1, 0.15) is 5.52 Å². The number of nitrogens with one attached hydrogen (secondary N) is 1. The molecular formula is C23H22N4O2. The number of anilines is 1. The quantitative estimate of drug-likeness (QED) is 0.579. The first-order chi connectivity index (χ1) is 14.2. The highest BCUT2D eigenvalue weighted by atomic mass is 16.4. The fourth-order valence-corrected chi connectivity index (χ4v) is 4.92. The summed E-state index contributed by atoms with van der Waals surface area (Å²) in [6, 6.07) is 16.7. The molecule has 0 aliphatic carbocycles. The maximum atomic E-state index is 13.4. The lowest BCUT2D eigenvalue weighted by Crippen LogP contribution is -2.36. The Balaban J connectivity index is 1.22. The van der Waals surface area contributed by atoms with E-state index in [-0.39, 0.29) is 11.3 Å². The van der Waals surface area contributed by atoms with Gasteiger partial charge in [-0.3, -0.25) is 4.79 Å². The van der Waals surface area contributed by atoms with Crippen LogP contribution in [0.2, 0.25) is 0 Å². The number of para-hydroxylation sites is 3. The Kier molecular flexibility index (Phi) is 3.51. The number of aromatic nitrogens is 2. The van der Waals surface area contributed by atoms with E-state index in [1.54, 1.807) is 0 Å². The van der Waals surface area contributed by atoms with Crippen molar-refractivity contribution < 1.29 is 9.21 Å². The number of hydrogen-bond acceptors (Lipinski definition) is 4. The first-order valence-electron chi connectivity index (χ1n) is 10.2. The summed E-state index contributed by atoms with van der Waals surface area (Å²) < 4.78 is 5.94. The van der Waals surface area contributed by atoms with Crippen LogP contribution in [0.1, 0.15) is 18.4 Å². The summed E-state index contributed by atoms with van der Waals surface area (Å²) in [5.74, 6) is 0.265. The van der Waals surface area contributed by atoms with E-state index < -0.39 is 0 Å². The number of likely N-dealkylation sites (tertiary alicyclic amines) is 1. The van der Waals surface area contributed by atoms with Crippen LogP contribution in [0.15, 0.2) is 59.1 Å². The van der Waals surface area contributed by atoms with Crippen molar-refractivity contribution in [3.63, 3.8) is 0 Å². The van der Waals surface area contributed by atoms with Crippen LogP contribution in [0.25, 0.3) is 22.0 Å². The second-order valence-electron chi connectivity index (χ2n) is 8.25. The molecule has 29 heavy (non-hydrogen) atoms. The summed E-state index contributed by atoms with van der Waals surface area (Å²) >= 11 is 0. The molecule has 1 amide bonds. The topological polar surface area (TPSA) is 65.4 Å². The lowest BCUT2D eigenvalue weighted by atomic mass is 9.85. The van der Waals surface area contributed by atoms with Gasteiger partial charge in [-0.2, -0.15) is 4.98 Å². The van der Waals surface area contributed by atoms with Gasteiger partial charge in [-0.25, -0.2) is 0 Å². The van der Waals surface area contributed by atoms with Gasteiger partial charge in [0.2, 0.25) is 5.91 Å². The Morgan fingerprint density at radius 3 is 2.83 bits per heavy atom. The van der Waals surface area contributed by atoms with Gasteiger partial charge >= 0.3 is 0 Å². The molecule has 2 aliphatic heterocycles. The van der Waals surface area contributed by atoms with Crippen LogP contribution in [-0.4, -0.2) is 40.4 Å². The summed E-state index contributed by atoms with van der Waals surface area (Å²) in [4.78, 5) is 25.5. The fourth-order valence-electron chi connectivity index (χ4n) is 4.92. The van der Waals surface area contributed by atoms with Crippen LogP contribution in [0.5, 0.6) is 0 Å². The number of aromatic amines is 1. The summed E-state index contributed by atoms with van der Waals surface area (Å²) in [5, 5.41) is 1.20. The maximum Gasteiger partial charge on any atom is 0.298 e. The lowest BCUT2D eigenvalue weighted by Gasteiger charge is -2.23. The number of carbonyl (C=O) groups excluding carboxylic acids is 1. The van der Waals surface area contributed by atoms with Crippen molar-refractivity contribution in [1.82, 2.24) is 14.9 Å². The van der Waals surface area contributed by atoms with Crippen LogP contribution in [-0.2, 0) is 11.3 Å². The minimum Gasteiger partial charge on any atom is -0.423 e. The predicted octanol–water partition coefficient (Wildman–Crippen LogP) is 3.94. The summed E-state index contributed by atoms with van der Waals surface area (Å²) in [6.45, 7) is 2.95. The van der Waals surface area contributed by atoms with Gasteiger partial charge in [-0.15, -0.1) is 0 Å². The van der Waals surface area contributed by atoms with Gasteiger partial charge in [0.25, 0.3) is 6.01 Å². The largest absolute Gasteiger partial charge is 0.423 e. The smallest absolute Gasteiger partial charge is 0.298 e. The number of H-pyrrole nitrogens is 1. The molecule has 4 aromatic rings. The molecule has 2 aromatic heterocycles. The highest BCUT2D eigenvalue weighted by Gasteiger charge is 2.51. The molecular weight excluding hydrogens is 364 g/mol. The van der Waals surface area contributed by atoms with E-state index in [1.165, 1.54) is 10.9 Å². The molecule has 2 aromatic carbocycles. The molecule has 0 radical (unpaired) electrons. The van der Waals surface area contributed by atoms with Crippen LogP contribution >= 0.6 is 0 Å². The summed E-state index contributed by atoms with van der Waals surface area (Å²) in [5.41, 5.74) is 3.64. The third-order valence-electron chi connectivity index (χ3n) is 6.54. The molecule has 1 N–H and O–H groups in total. The number of fused-ring (bicyclic) bond motifs is 2. The van der Waals surface area contributed by atoms with Gasteiger partial charge in [0, 0.05) is 43.3 Å². The number of oxazole rings is 1. The number of rotatable bonds is 3. The second kappa shape index (κ2) is 6.11. The highest BCUT2D eigenvalue weighted by molar-refractivity contribution is 5.88. The Morgan fingerprint density at radius 1 is 1.07 bits per heavy atom. The van der Waals surface area contributed by atoms with E-state index in [0.29, 0.717) is 19.1 Å². The van der Waals surface area contributed by atoms with Crippen molar-refractivity contribution in [3.05, 3.63) is 60.3 Å². The summed E-state index contributed by atoms with van der Waals surface area (Å²) in [6.07, 6.45) is 3.78. The molecule has 6 heteroatoms. The fraction of sp³-hybridized carbons (Fsp3) is 0.304. The molecule has 2 fully saturated rings. The molecule has 2 saturated heterocycles. The van der Waals surface area contributed by atoms with Crippen molar-refractivity contribution >= 4 is 33.9 Å². The Labute approximate surface area is 168 Å². The minimum atomic E-state index is -0.313. The van der Waals surface area contributed by atoms with Gasteiger partial charge in [-0.05, 0) is 36.6 Å². The van der Waals surface area contributed by atoms with Gasteiger partial charge < -0.3 is 19.2 Å². The molecule has 1 unspecified atom stereocenters. The molecule has 6 rings (SSSR count). The number of amides is 1. The maximum absolute atomic E-state index is 13.4. The molecule has 1 atom stereocenters. The number of carbonyl (C=O) groups is 1. The molecule has 4 heterocycles. The molecule has 146 valence electrons. The molecule has 0 bridgehead atoms. The third-order valence-corrected chi connectivity index (χ3v) is 6.54. The van der Waals surface area contributed by atoms with Crippen LogP contribution in [0, 0.1) is 5.41 Å². The zero-order valence-corrected chi connectivity index (χ0v) is 16.1. The van der Waals surface area contributed by atoms with Crippen molar-refractivity contribution in [2.75, 3.05) is 24.5 Å². The number of nitrogens with zero attached hydrogens (tertiary/aromatic N) is 3. The Hall–Kier alpha value is -3.28. The Morgan fingerprint density at radius 2 is 1.90 bits per heavy atom. The van der Waals surface area contributed by atoms with Gasteiger partial charge in [0.05, 0.1) is 5.41 Å². The zero-order chi connectivity index (χ0) is 19.4. The number of hydrogen-bond donors (Lipinski definition) is 1. The first kappa shape index (κ1) is 16.7. The van der Waals surface area contributed by atoms with Crippen molar-refractivity contribution in [1.29, 1.82) is 0 Å². The van der Waals surface area contributed by atoms with E-state index in [4.69, 9.17) is 4.42 Å². The van der Waals surface area contributed by atoms with Crippen molar-refractivity contribution in [2.24, 2.45) is 5.41 Å². The molecule has 1 spiro atoms. The molecule has 6 nitrogen and oxygen atoms in total. The monoisotopic (exact) mass is 386 g/mol. The lowest BCUT2D eigenvalue weighted by molar-refractivity contribution is -0.135. The third kappa shape index (κ3) is 2.55. The molecule has 2 aliphatic rings. The zero-order valence-electron chi connectivity index (χ0n) is 16.1. The second-order valence-corrected chi connectivity index (χ2v) is 8.25. The minimum absolute atomic E-state index is 0.265. The average Bonchev–Trinajstić information content (AvgIpc) is 3.51. The van der Waals surface area contributed by atoms with Gasteiger partial charge in [-0.1, -0.05) is 30.3 Å². The van der Waals surface area contributed by atoms with E-state index in [2.05, 4.69) is 27.0 Å². The van der Waals surface area contributed by atoms with E-state index in [9.17, 15) is 4.79 Å². The average molecular weight is 386 g/mol. The highest BCUT2D eigenvalue weighted by Crippen LogP contribution is 2.43. The molecule has 0 saturated carbocycles. The Bertz CT molecular complexity index is 1190. The van der Waals surface area contributed by atoms with E-state index in [0.717, 1.165) is 42.5 Å². The normalized spacial score (nSPS) is 22.0. The number of benzene rings is 2. The van der Waals surface area contributed by atoms with E-state index >= 15 is 0 Å². The van der Waals surface area contributed by atoms with Gasteiger partial charge in [0.15, 0.2) is 5.58 Å². The predicted molar refractivity (Wildman–Crippen MR) is 112 cm³/mol. The SMILES string of the molecule is O=C1N(Cc2c[nH]c3ccccc23)CCC12CCN(c1nc3ccccc3o1)C2. The summed E-state index contributed by atoms with van der Waals surface area (Å²) in [7, 11) is 0.